The summed E-state index contributed by atoms with van der Waals surface area (Å²) in [5, 5.41) is 0. The summed E-state index contributed by atoms with van der Waals surface area (Å²) in [7, 11) is -3.91. The van der Waals surface area contributed by atoms with E-state index >= 15 is 0 Å². The van der Waals surface area contributed by atoms with Gasteiger partial charge in [0.15, 0.2) is 0 Å². The number of benzene rings is 2. The van der Waals surface area contributed by atoms with Crippen LogP contribution >= 0.6 is 31.9 Å². The van der Waals surface area contributed by atoms with Gasteiger partial charge in [0.1, 0.15) is 5.82 Å². The Hall–Kier alpha value is -1.12. The SMILES string of the molecule is Nc1cc(Br)cc(Br)c1NS(=O)(=O)c1cccc(F)c1. The first-order valence-corrected chi connectivity index (χ1v) is 8.39. The van der Waals surface area contributed by atoms with E-state index in [1.807, 2.05) is 0 Å². The first-order chi connectivity index (χ1) is 9.29. The monoisotopic (exact) mass is 422 g/mol. The van der Waals surface area contributed by atoms with E-state index in [2.05, 4.69) is 36.6 Å². The van der Waals surface area contributed by atoms with E-state index in [0.29, 0.717) is 8.95 Å². The summed E-state index contributed by atoms with van der Waals surface area (Å²) in [6, 6.07) is 7.94. The van der Waals surface area contributed by atoms with E-state index in [1.165, 1.54) is 18.2 Å². The molecule has 2 rings (SSSR count). The second kappa shape index (κ2) is 5.71. The Morgan fingerprint density at radius 1 is 1.15 bits per heavy atom. The molecule has 0 unspecified atom stereocenters. The fraction of sp³-hybridized carbons (Fsp3) is 0. The third-order valence-electron chi connectivity index (χ3n) is 2.43. The molecule has 0 bridgehead atoms. The standard InChI is InChI=1S/C12H9Br2FN2O2S/c13-7-4-10(14)12(11(16)5-7)17-20(18,19)9-3-1-2-8(15)6-9/h1-6,17H,16H2. The van der Waals surface area contributed by atoms with Crippen LogP contribution in [0.3, 0.4) is 0 Å². The van der Waals surface area contributed by atoms with Gasteiger partial charge >= 0.3 is 0 Å². The van der Waals surface area contributed by atoms with Crippen molar-refractivity contribution in [3.8, 4) is 0 Å². The number of nitrogens with two attached hydrogens (primary N) is 1. The van der Waals surface area contributed by atoms with Crippen LogP contribution in [0.2, 0.25) is 0 Å². The highest BCUT2D eigenvalue weighted by molar-refractivity contribution is 9.11. The molecule has 106 valence electrons. The molecule has 3 N–H and O–H groups in total. The van der Waals surface area contributed by atoms with Crippen LogP contribution in [0.25, 0.3) is 0 Å². The number of halogens is 3. The van der Waals surface area contributed by atoms with Gasteiger partial charge in [0.05, 0.1) is 16.3 Å². The van der Waals surface area contributed by atoms with Crippen LogP contribution in [0, 0.1) is 5.82 Å². The molecule has 0 saturated heterocycles. The summed E-state index contributed by atoms with van der Waals surface area (Å²) in [6.45, 7) is 0. The Balaban J connectivity index is 2.44. The molecule has 0 heterocycles. The molecule has 0 aromatic heterocycles. The summed E-state index contributed by atoms with van der Waals surface area (Å²) in [5.74, 6) is -0.629. The molecule has 0 saturated carbocycles. The number of nitrogen functional groups attached to an aromatic ring is 1. The summed E-state index contributed by atoms with van der Waals surface area (Å²) < 4.78 is 41.0. The number of hydrogen-bond donors (Lipinski definition) is 2. The Labute approximate surface area is 132 Å². The molecule has 0 spiro atoms. The Morgan fingerprint density at radius 3 is 2.45 bits per heavy atom. The molecule has 0 aliphatic carbocycles. The Bertz CT molecular complexity index is 743. The van der Waals surface area contributed by atoms with Crippen LogP contribution in [-0.2, 0) is 10.0 Å². The second-order valence-electron chi connectivity index (χ2n) is 3.91. The second-order valence-corrected chi connectivity index (χ2v) is 7.37. The number of nitrogens with one attached hydrogen (secondary N) is 1. The summed E-state index contributed by atoms with van der Waals surface area (Å²) in [4.78, 5) is -0.174. The van der Waals surface area contributed by atoms with Gasteiger partial charge in [-0.25, -0.2) is 12.8 Å². The van der Waals surface area contributed by atoms with E-state index in [9.17, 15) is 12.8 Å². The van der Waals surface area contributed by atoms with Gasteiger partial charge in [-0.2, -0.15) is 0 Å². The van der Waals surface area contributed by atoms with Crippen LogP contribution in [0.5, 0.6) is 0 Å². The van der Waals surface area contributed by atoms with Crippen molar-refractivity contribution in [3.63, 3.8) is 0 Å². The maximum atomic E-state index is 13.1. The fourth-order valence-electron chi connectivity index (χ4n) is 1.53. The zero-order valence-corrected chi connectivity index (χ0v) is 13.9. The quantitative estimate of drug-likeness (QED) is 0.738. The predicted molar refractivity (Wildman–Crippen MR) is 83.5 cm³/mol. The maximum Gasteiger partial charge on any atom is 0.262 e. The van der Waals surface area contributed by atoms with Gasteiger partial charge in [-0.3, -0.25) is 4.72 Å². The largest absolute Gasteiger partial charge is 0.397 e. The third kappa shape index (κ3) is 3.31. The summed E-state index contributed by atoms with van der Waals surface area (Å²) in [5.41, 5.74) is 6.22. The smallest absolute Gasteiger partial charge is 0.262 e. The summed E-state index contributed by atoms with van der Waals surface area (Å²) in [6.07, 6.45) is 0. The molecular weight excluding hydrogens is 415 g/mol. The van der Waals surface area contributed by atoms with Crippen molar-refractivity contribution in [1.29, 1.82) is 0 Å². The van der Waals surface area contributed by atoms with E-state index in [4.69, 9.17) is 5.73 Å². The fourth-order valence-corrected chi connectivity index (χ4v) is 4.16. The minimum atomic E-state index is -3.91. The molecule has 0 radical (unpaired) electrons. The van der Waals surface area contributed by atoms with E-state index in [-0.39, 0.29) is 16.3 Å². The normalized spacial score (nSPS) is 11.3. The van der Waals surface area contributed by atoms with Crippen LogP contribution < -0.4 is 10.5 Å². The van der Waals surface area contributed by atoms with Crippen molar-refractivity contribution in [1.82, 2.24) is 0 Å². The minimum Gasteiger partial charge on any atom is -0.397 e. The van der Waals surface area contributed by atoms with Gasteiger partial charge < -0.3 is 5.73 Å². The first kappa shape index (κ1) is 15.3. The zero-order valence-electron chi connectivity index (χ0n) is 9.90. The molecule has 0 fully saturated rings. The highest BCUT2D eigenvalue weighted by atomic mass is 79.9. The van der Waals surface area contributed by atoms with Crippen molar-refractivity contribution in [2.75, 3.05) is 10.5 Å². The molecule has 0 aliphatic heterocycles. The lowest BCUT2D eigenvalue weighted by molar-refractivity contribution is 0.595. The Kier molecular flexibility index (Phi) is 4.36. The maximum absolute atomic E-state index is 13.1. The lowest BCUT2D eigenvalue weighted by atomic mass is 10.3. The van der Waals surface area contributed by atoms with Gasteiger partial charge in [-0.15, -0.1) is 0 Å². The number of hydrogen-bond acceptors (Lipinski definition) is 3. The molecule has 2 aromatic rings. The number of rotatable bonds is 3. The molecule has 0 amide bonds. The summed E-state index contributed by atoms with van der Waals surface area (Å²) >= 11 is 6.47. The van der Waals surface area contributed by atoms with Gasteiger partial charge in [0.25, 0.3) is 10.0 Å². The van der Waals surface area contributed by atoms with Crippen molar-refractivity contribution in [3.05, 3.63) is 51.2 Å². The predicted octanol–water partition coefficient (Wildman–Crippen LogP) is 3.73. The molecular formula is C12H9Br2FN2O2S. The van der Waals surface area contributed by atoms with Gasteiger partial charge in [0, 0.05) is 8.95 Å². The third-order valence-corrected chi connectivity index (χ3v) is 4.86. The van der Waals surface area contributed by atoms with E-state index < -0.39 is 15.8 Å². The van der Waals surface area contributed by atoms with Crippen LogP contribution in [0.15, 0.2) is 50.2 Å². The first-order valence-electron chi connectivity index (χ1n) is 5.32. The topological polar surface area (TPSA) is 72.2 Å². The van der Waals surface area contributed by atoms with Crippen molar-refractivity contribution >= 4 is 53.3 Å². The van der Waals surface area contributed by atoms with Crippen molar-refractivity contribution < 1.29 is 12.8 Å². The molecule has 2 aromatic carbocycles. The molecule has 20 heavy (non-hydrogen) atoms. The van der Waals surface area contributed by atoms with Gasteiger partial charge in [0.2, 0.25) is 0 Å². The average Bonchev–Trinajstić information content (AvgIpc) is 2.34. The number of anilines is 2. The van der Waals surface area contributed by atoms with Crippen LogP contribution in [-0.4, -0.2) is 8.42 Å². The highest BCUT2D eigenvalue weighted by Crippen LogP contribution is 2.34. The van der Waals surface area contributed by atoms with Crippen LogP contribution in [0.1, 0.15) is 0 Å². The minimum absolute atomic E-state index is 0.174. The van der Waals surface area contributed by atoms with E-state index in [0.717, 1.165) is 6.07 Å². The molecule has 4 nitrogen and oxygen atoms in total. The average molecular weight is 424 g/mol. The van der Waals surface area contributed by atoms with E-state index in [1.54, 1.807) is 12.1 Å². The molecule has 0 aliphatic rings. The van der Waals surface area contributed by atoms with Crippen molar-refractivity contribution in [2.45, 2.75) is 4.90 Å². The van der Waals surface area contributed by atoms with Gasteiger partial charge in [-0.05, 0) is 46.3 Å². The lowest BCUT2D eigenvalue weighted by Crippen LogP contribution is -2.14. The van der Waals surface area contributed by atoms with Crippen molar-refractivity contribution in [2.24, 2.45) is 0 Å². The molecule has 0 atom stereocenters. The van der Waals surface area contributed by atoms with Crippen LogP contribution in [0.4, 0.5) is 15.8 Å². The lowest BCUT2D eigenvalue weighted by Gasteiger charge is -2.12. The molecule has 8 heteroatoms. The number of sulfonamides is 1. The van der Waals surface area contributed by atoms with Gasteiger partial charge in [-0.1, -0.05) is 22.0 Å². The zero-order chi connectivity index (χ0) is 14.9. The highest BCUT2D eigenvalue weighted by Gasteiger charge is 2.18. The Morgan fingerprint density at radius 2 is 1.85 bits per heavy atom.